The van der Waals surface area contributed by atoms with Gasteiger partial charge >= 0.3 is 0 Å². The third kappa shape index (κ3) is 0.862. The highest BCUT2D eigenvalue weighted by atomic mass is 16.2. The lowest BCUT2D eigenvalue weighted by molar-refractivity contribution is -0.134. The maximum Gasteiger partial charge on any atom is 0.242 e. The van der Waals surface area contributed by atoms with E-state index in [0.29, 0.717) is 6.04 Å². The highest BCUT2D eigenvalue weighted by Crippen LogP contribution is 2.24. The van der Waals surface area contributed by atoms with Gasteiger partial charge in [0, 0.05) is 19.1 Å². The monoisotopic (exact) mass is 155 g/mol. The Balaban J connectivity index is 2.03. The molecule has 2 saturated heterocycles. The van der Waals surface area contributed by atoms with Crippen molar-refractivity contribution in [3.63, 3.8) is 0 Å². The van der Waals surface area contributed by atoms with Gasteiger partial charge in [-0.25, -0.2) is 0 Å². The van der Waals surface area contributed by atoms with Crippen LogP contribution in [0.3, 0.4) is 0 Å². The zero-order valence-corrected chi connectivity index (χ0v) is 6.61. The Kier molecular flexibility index (Phi) is 1.40. The standard InChI is InChI=1S/C7H13N3O/c1-8-5-2-7(10-3-5)4-9-6(7)11/h5,8,10H,2-4H2,1H3,(H,9,11). The van der Waals surface area contributed by atoms with E-state index >= 15 is 0 Å². The smallest absolute Gasteiger partial charge is 0.242 e. The van der Waals surface area contributed by atoms with Gasteiger partial charge in [-0.05, 0) is 13.5 Å². The van der Waals surface area contributed by atoms with Gasteiger partial charge in [-0.15, -0.1) is 0 Å². The van der Waals surface area contributed by atoms with Crippen molar-refractivity contribution in [3.8, 4) is 0 Å². The van der Waals surface area contributed by atoms with Crippen molar-refractivity contribution >= 4 is 5.91 Å². The molecule has 0 bridgehead atoms. The average Bonchev–Trinajstić information content (AvgIpc) is 2.47. The third-order valence-electron chi connectivity index (χ3n) is 2.68. The Labute approximate surface area is 65.7 Å². The molecule has 2 unspecified atom stereocenters. The highest BCUT2D eigenvalue weighted by Gasteiger charge is 2.50. The molecule has 2 aliphatic heterocycles. The normalized spacial score (nSPS) is 42.3. The Bertz CT molecular complexity index is 194. The summed E-state index contributed by atoms with van der Waals surface area (Å²) < 4.78 is 0. The molecule has 3 N–H and O–H groups in total. The van der Waals surface area contributed by atoms with E-state index in [4.69, 9.17) is 0 Å². The first-order valence-corrected chi connectivity index (χ1v) is 3.97. The van der Waals surface area contributed by atoms with Crippen molar-refractivity contribution in [2.24, 2.45) is 0 Å². The number of carbonyl (C=O) groups excluding carboxylic acids is 1. The molecule has 4 heteroatoms. The molecular formula is C7H13N3O. The number of β-lactam (4-membered cyclic amide) rings is 1. The predicted molar refractivity (Wildman–Crippen MR) is 41.2 cm³/mol. The molecule has 0 aromatic heterocycles. The van der Waals surface area contributed by atoms with E-state index in [2.05, 4.69) is 16.0 Å². The van der Waals surface area contributed by atoms with Crippen LogP contribution in [0.2, 0.25) is 0 Å². The SMILES string of the molecule is CNC1CNC2(CNC2=O)C1. The van der Waals surface area contributed by atoms with E-state index in [1.54, 1.807) is 0 Å². The largest absolute Gasteiger partial charge is 0.352 e. The Morgan fingerprint density at radius 3 is 2.82 bits per heavy atom. The van der Waals surface area contributed by atoms with E-state index in [0.717, 1.165) is 19.5 Å². The van der Waals surface area contributed by atoms with Gasteiger partial charge in [0.25, 0.3) is 0 Å². The molecule has 2 aliphatic rings. The number of hydrogen-bond donors (Lipinski definition) is 3. The van der Waals surface area contributed by atoms with Gasteiger partial charge in [0.2, 0.25) is 5.91 Å². The van der Waals surface area contributed by atoms with E-state index in [9.17, 15) is 4.79 Å². The fraction of sp³-hybridized carbons (Fsp3) is 0.857. The van der Waals surface area contributed by atoms with Gasteiger partial charge in [-0.1, -0.05) is 0 Å². The minimum absolute atomic E-state index is 0.162. The Morgan fingerprint density at radius 1 is 1.73 bits per heavy atom. The second-order valence-corrected chi connectivity index (χ2v) is 3.34. The molecule has 0 aromatic carbocycles. The van der Waals surface area contributed by atoms with Crippen molar-refractivity contribution in [1.82, 2.24) is 16.0 Å². The summed E-state index contributed by atoms with van der Waals surface area (Å²) in [5.41, 5.74) is -0.215. The second-order valence-electron chi connectivity index (χ2n) is 3.34. The Morgan fingerprint density at radius 2 is 2.55 bits per heavy atom. The summed E-state index contributed by atoms with van der Waals surface area (Å²) in [6.07, 6.45) is 0.926. The lowest BCUT2D eigenvalue weighted by atomic mass is 9.88. The van der Waals surface area contributed by atoms with Gasteiger partial charge < -0.3 is 16.0 Å². The lowest BCUT2D eigenvalue weighted by Crippen LogP contribution is -2.69. The zero-order valence-electron chi connectivity index (χ0n) is 6.61. The summed E-state index contributed by atoms with van der Waals surface area (Å²) in [4.78, 5) is 11.1. The minimum Gasteiger partial charge on any atom is -0.352 e. The lowest BCUT2D eigenvalue weighted by Gasteiger charge is -2.37. The molecule has 2 heterocycles. The third-order valence-corrected chi connectivity index (χ3v) is 2.68. The highest BCUT2D eigenvalue weighted by molar-refractivity contribution is 5.93. The molecule has 1 amide bonds. The molecule has 0 radical (unpaired) electrons. The second kappa shape index (κ2) is 2.19. The molecule has 2 fully saturated rings. The molecule has 0 aromatic rings. The maximum atomic E-state index is 11.1. The summed E-state index contributed by atoms with van der Waals surface area (Å²) in [5, 5.41) is 9.17. The maximum absolute atomic E-state index is 11.1. The quantitative estimate of drug-likeness (QED) is 0.401. The van der Waals surface area contributed by atoms with Crippen LogP contribution in [-0.2, 0) is 4.79 Å². The van der Waals surface area contributed by atoms with Gasteiger partial charge in [0.05, 0.1) is 0 Å². The Hall–Kier alpha value is -0.610. The topological polar surface area (TPSA) is 53.2 Å². The van der Waals surface area contributed by atoms with Crippen LogP contribution in [0.1, 0.15) is 6.42 Å². The van der Waals surface area contributed by atoms with E-state index in [1.807, 2.05) is 7.05 Å². The van der Waals surface area contributed by atoms with Crippen LogP contribution in [0.5, 0.6) is 0 Å². The van der Waals surface area contributed by atoms with Crippen LogP contribution >= 0.6 is 0 Å². The van der Waals surface area contributed by atoms with Crippen molar-refractivity contribution in [2.45, 2.75) is 18.0 Å². The van der Waals surface area contributed by atoms with E-state index in [1.165, 1.54) is 0 Å². The number of likely N-dealkylation sites (N-methyl/N-ethyl adjacent to an activating group) is 1. The molecule has 62 valence electrons. The summed E-state index contributed by atoms with van der Waals surface area (Å²) in [7, 11) is 1.93. The van der Waals surface area contributed by atoms with Crippen LogP contribution in [0, 0.1) is 0 Å². The van der Waals surface area contributed by atoms with Crippen molar-refractivity contribution in [2.75, 3.05) is 20.1 Å². The molecule has 2 atom stereocenters. The molecular weight excluding hydrogens is 142 g/mol. The van der Waals surface area contributed by atoms with Gasteiger partial charge in [-0.3, -0.25) is 4.79 Å². The number of hydrogen-bond acceptors (Lipinski definition) is 3. The number of amides is 1. The summed E-state index contributed by atoms with van der Waals surface area (Å²) in [6, 6.07) is 0.459. The number of carbonyl (C=O) groups is 1. The van der Waals surface area contributed by atoms with Crippen molar-refractivity contribution < 1.29 is 4.79 Å². The molecule has 0 aliphatic carbocycles. The summed E-state index contributed by atoms with van der Waals surface area (Å²) >= 11 is 0. The average molecular weight is 155 g/mol. The van der Waals surface area contributed by atoms with Crippen molar-refractivity contribution in [3.05, 3.63) is 0 Å². The first-order chi connectivity index (χ1) is 5.27. The van der Waals surface area contributed by atoms with Crippen LogP contribution in [0.4, 0.5) is 0 Å². The van der Waals surface area contributed by atoms with Crippen LogP contribution in [0.15, 0.2) is 0 Å². The van der Waals surface area contributed by atoms with E-state index < -0.39 is 0 Å². The molecule has 11 heavy (non-hydrogen) atoms. The molecule has 4 nitrogen and oxygen atoms in total. The molecule has 1 spiro atoms. The summed E-state index contributed by atoms with van der Waals surface area (Å²) in [6.45, 7) is 1.70. The van der Waals surface area contributed by atoms with Crippen LogP contribution < -0.4 is 16.0 Å². The van der Waals surface area contributed by atoms with Gasteiger partial charge in [0.1, 0.15) is 5.54 Å². The molecule has 2 rings (SSSR count). The van der Waals surface area contributed by atoms with E-state index in [-0.39, 0.29) is 11.4 Å². The van der Waals surface area contributed by atoms with Crippen molar-refractivity contribution in [1.29, 1.82) is 0 Å². The molecule has 0 saturated carbocycles. The number of rotatable bonds is 1. The fourth-order valence-corrected chi connectivity index (χ4v) is 1.77. The van der Waals surface area contributed by atoms with Gasteiger partial charge in [0.15, 0.2) is 0 Å². The fourth-order valence-electron chi connectivity index (χ4n) is 1.77. The van der Waals surface area contributed by atoms with Crippen LogP contribution in [-0.4, -0.2) is 37.6 Å². The van der Waals surface area contributed by atoms with Crippen LogP contribution in [0.25, 0.3) is 0 Å². The predicted octanol–water partition coefficient (Wildman–Crippen LogP) is -1.56. The minimum atomic E-state index is -0.215. The summed E-state index contributed by atoms with van der Waals surface area (Å²) in [5.74, 6) is 0.162. The zero-order chi connectivity index (χ0) is 7.90. The number of nitrogens with one attached hydrogen (secondary N) is 3. The van der Waals surface area contributed by atoms with Gasteiger partial charge in [-0.2, -0.15) is 0 Å². The first kappa shape index (κ1) is 7.06. The first-order valence-electron chi connectivity index (χ1n) is 3.97.